The molecule has 1 aliphatic heterocycles. The second-order valence-corrected chi connectivity index (χ2v) is 6.78. The van der Waals surface area contributed by atoms with Gasteiger partial charge in [-0.2, -0.15) is 0 Å². The summed E-state index contributed by atoms with van der Waals surface area (Å²) in [7, 11) is 1.75. The highest BCUT2D eigenvalue weighted by atomic mass is 79.9. The summed E-state index contributed by atoms with van der Waals surface area (Å²) in [6.07, 6.45) is 5.78. The average molecular weight is 356 g/mol. The molecule has 1 N–H and O–H groups in total. The largest absolute Gasteiger partial charge is 0.496 e. The van der Waals surface area contributed by atoms with E-state index in [1.54, 1.807) is 7.11 Å². The van der Waals surface area contributed by atoms with Gasteiger partial charge in [-0.15, -0.1) is 0 Å². The zero-order chi connectivity index (χ0) is 15.1. The van der Waals surface area contributed by atoms with Gasteiger partial charge in [0.05, 0.1) is 18.8 Å². The molecular weight excluding hydrogens is 338 g/mol. The summed E-state index contributed by atoms with van der Waals surface area (Å²) >= 11 is 3.70. The molecular formula is C19H18BrNO. The Balaban J connectivity index is 1.84. The predicted molar refractivity (Wildman–Crippen MR) is 93.5 cm³/mol. The van der Waals surface area contributed by atoms with Crippen molar-refractivity contribution >= 4 is 21.6 Å². The van der Waals surface area contributed by atoms with Gasteiger partial charge < -0.3 is 10.1 Å². The number of rotatable bonds is 2. The van der Waals surface area contributed by atoms with Crippen molar-refractivity contribution in [3.63, 3.8) is 0 Å². The molecule has 0 amide bonds. The van der Waals surface area contributed by atoms with Gasteiger partial charge in [0, 0.05) is 16.0 Å². The number of para-hydroxylation sites is 2. The van der Waals surface area contributed by atoms with Crippen molar-refractivity contribution in [1.82, 2.24) is 0 Å². The fourth-order valence-electron chi connectivity index (χ4n) is 3.81. The van der Waals surface area contributed by atoms with Crippen LogP contribution in [0.15, 0.2) is 59.1 Å². The van der Waals surface area contributed by atoms with Crippen LogP contribution in [0, 0.1) is 5.92 Å². The van der Waals surface area contributed by atoms with E-state index in [1.807, 2.05) is 12.1 Å². The lowest BCUT2D eigenvalue weighted by Crippen LogP contribution is -2.29. The average Bonchev–Trinajstić information content (AvgIpc) is 3.04. The first-order valence-corrected chi connectivity index (χ1v) is 8.43. The highest BCUT2D eigenvalue weighted by Gasteiger charge is 2.39. The summed E-state index contributed by atoms with van der Waals surface area (Å²) < 4.78 is 6.72. The van der Waals surface area contributed by atoms with E-state index >= 15 is 0 Å². The first kappa shape index (κ1) is 13.9. The fourth-order valence-corrected chi connectivity index (χ4v) is 4.31. The molecule has 1 aliphatic carbocycles. The number of methoxy groups -OCH3 is 1. The summed E-state index contributed by atoms with van der Waals surface area (Å²) in [6, 6.07) is 15.1. The van der Waals surface area contributed by atoms with Gasteiger partial charge in [-0.25, -0.2) is 0 Å². The maximum atomic E-state index is 5.59. The highest BCUT2D eigenvalue weighted by molar-refractivity contribution is 9.10. The lowest BCUT2D eigenvalue weighted by Gasteiger charge is -2.38. The van der Waals surface area contributed by atoms with Crippen LogP contribution in [0.25, 0.3) is 0 Å². The number of allylic oxidation sites excluding steroid dienone is 2. The Kier molecular flexibility index (Phi) is 3.45. The molecule has 0 spiro atoms. The molecule has 2 aromatic carbocycles. The molecule has 2 aliphatic rings. The molecule has 0 radical (unpaired) electrons. The molecule has 3 heteroatoms. The van der Waals surface area contributed by atoms with Crippen molar-refractivity contribution in [2.24, 2.45) is 5.92 Å². The van der Waals surface area contributed by atoms with Crippen LogP contribution in [0.5, 0.6) is 5.75 Å². The number of nitrogens with one attached hydrogen (secondary N) is 1. The van der Waals surface area contributed by atoms with E-state index in [4.69, 9.17) is 4.74 Å². The van der Waals surface area contributed by atoms with E-state index in [0.717, 1.165) is 16.6 Å². The first-order valence-electron chi connectivity index (χ1n) is 7.64. The van der Waals surface area contributed by atoms with Gasteiger partial charge in [0.25, 0.3) is 0 Å². The smallest absolute Gasteiger partial charge is 0.124 e. The van der Waals surface area contributed by atoms with E-state index in [9.17, 15) is 0 Å². The summed E-state index contributed by atoms with van der Waals surface area (Å²) in [6.45, 7) is 0. The molecule has 112 valence electrons. The predicted octanol–water partition coefficient (Wildman–Crippen LogP) is 5.28. The van der Waals surface area contributed by atoms with Gasteiger partial charge in [0.2, 0.25) is 0 Å². The number of benzene rings is 2. The number of anilines is 1. The molecule has 0 saturated heterocycles. The Morgan fingerprint density at radius 3 is 2.77 bits per heavy atom. The van der Waals surface area contributed by atoms with E-state index < -0.39 is 0 Å². The lowest BCUT2D eigenvalue weighted by atomic mass is 9.77. The normalized spacial score (nSPS) is 25.3. The Labute approximate surface area is 139 Å². The SMILES string of the molecule is COc1ccccc1[C@@H]1Nc2c(Br)cccc2[C@@H]2C=CC[C@H]21. The number of ether oxygens (including phenoxy) is 1. The van der Waals surface area contributed by atoms with Gasteiger partial charge in [-0.1, -0.05) is 42.5 Å². The number of fused-ring (bicyclic) bond motifs is 3. The van der Waals surface area contributed by atoms with Crippen molar-refractivity contribution < 1.29 is 4.74 Å². The Morgan fingerprint density at radius 2 is 1.91 bits per heavy atom. The zero-order valence-corrected chi connectivity index (χ0v) is 14.0. The molecule has 2 aromatic rings. The fraction of sp³-hybridized carbons (Fsp3) is 0.263. The van der Waals surface area contributed by atoms with Gasteiger partial charge in [-0.3, -0.25) is 0 Å². The van der Waals surface area contributed by atoms with Gasteiger partial charge in [0.1, 0.15) is 5.75 Å². The Morgan fingerprint density at radius 1 is 1.09 bits per heavy atom. The van der Waals surface area contributed by atoms with Crippen LogP contribution >= 0.6 is 15.9 Å². The lowest BCUT2D eigenvalue weighted by molar-refractivity contribution is 0.381. The third kappa shape index (κ3) is 2.07. The van der Waals surface area contributed by atoms with E-state index in [2.05, 4.69) is 63.7 Å². The summed E-state index contributed by atoms with van der Waals surface area (Å²) in [5, 5.41) is 3.76. The molecule has 0 saturated carbocycles. The highest BCUT2D eigenvalue weighted by Crippen LogP contribution is 2.52. The van der Waals surface area contributed by atoms with Gasteiger partial charge in [0.15, 0.2) is 0 Å². The van der Waals surface area contributed by atoms with Crippen molar-refractivity contribution in [1.29, 1.82) is 0 Å². The zero-order valence-electron chi connectivity index (χ0n) is 12.4. The third-order valence-corrected chi connectivity index (χ3v) is 5.48. The monoisotopic (exact) mass is 355 g/mol. The summed E-state index contributed by atoms with van der Waals surface area (Å²) in [5.74, 6) is 1.97. The number of hydrogen-bond donors (Lipinski definition) is 1. The van der Waals surface area contributed by atoms with Crippen molar-refractivity contribution in [3.8, 4) is 5.75 Å². The van der Waals surface area contributed by atoms with Crippen LogP contribution in [-0.2, 0) is 0 Å². The minimum absolute atomic E-state index is 0.266. The van der Waals surface area contributed by atoms with Crippen LogP contribution in [-0.4, -0.2) is 7.11 Å². The Bertz CT molecular complexity index is 740. The van der Waals surface area contributed by atoms with Crippen LogP contribution in [0.4, 0.5) is 5.69 Å². The van der Waals surface area contributed by atoms with E-state index in [0.29, 0.717) is 11.8 Å². The molecule has 1 heterocycles. The molecule has 0 bridgehead atoms. The maximum absolute atomic E-state index is 5.59. The standard InChI is InChI=1S/C19H18BrNO/c1-22-17-11-3-2-6-15(17)18-13-8-4-7-12(13)14-9-5-10-16(20)19(14)21-18/h2-7,9-13,18,21H,8H2,1H3/t12-,13-,18-/m1/s1. The van der Waals surface area contributed by atoms with Crippen LogP contribution in [0.1, 0.15) is 29.5 Å². The molecule has 0 fully saturated rings. The topological polar surface area (TPSA) is 21.3 Å². The number of halogens is 1. The second kappa shape index (κ2) is 5.47. The molecule has 22 heavy (non-hydrogen) atoms. The Hall–Kier alpha value is -1.74. The summed E-state index contributed by atoms with van der Waals surface area (Å²) in [5.41, 5.74) is 3.84. The van der Waals surface area contributed by atoms with Crippen LogP contribution < -0.4 is 10.1 Å². The van der Waals surface area contributed by atoms with Crippen molar-refractivity contribution in [2.75, 3.05) is 12.4 Å². The maximum Gasteiger partial charge on any atom is 0.124 e. The molecule has 0 unspecified atom stereocenters. The molecule has 3 atom stereocenters. The molecule has 2 nitrogen and oxygen atoms in total. The van der Waals surface area contributed by atoms with Gasteiger partial charge in [-0.05, 0) is 46.0 Å². The minimum atomic E-state index is 0.266. The van der Waals surface area contributed by atoms with E-state index in [1.165, 1.54) is 16.8 Å². The summed E-state index contributed by atoms with van der Waals surface area (Å²) in [4.78, 5) is 0. The van der Waals surface area contributed by atoms with E-state index in [-0.39, 0.29) is 6.04 Å². The quantitative estimate of drug-likeness (QED) is 0.739. The third-order valence-electron chi connectivity index (χ3n) is 4.82. The van der Waals surface area contributed by atoms with Crippen molar-refractivity contribution in [2.45, 2.75) is 18.4 Å². The van der Waals surface area contributed by atoms with Crippen LogP contribution in [0.2, 0.25) is 0 Å². The number of hydrogen-bond acceptors (Lipinski definition) is 2. The van der Waals surface area contributed by atoms with Gasteiger partial charge >= 0.3 is 0 Å². The molecule has 0 aromatic heterocycles. The van der Waals surface area contributed by atoms with Crippen molar-refractivity contribution in [3.05, 3.63) is 70.2 Å². The van der Waals surface area contributed by atoms with Crippen LogP contribution in [0.3, 0.4) is 0 Å². The minimum Gasteiger partial charge on any atom is -0.496 e. The first-order chi connectivity index (χ1) is 10.8. The second-order valence-electron chi connectivity index (χ2n) is 5.92. The molecule has 4 rings (SSSR count).